The molecule has 2 aromatic rings. The fraction of sp³-hybridized carbons (Fsp3) is 0.409. The molecule has 2 nitrogen and oxygen atoms in total. The van der Waals surface area contributed by atoms with Gasteiger partial charge < -0.3 is 5.11 Å². The zero-order valence-corrected chi connectivity index (χ0v) is 14.9. The van der Waals surface area contributed by atoms with Gasteiger partial charge in [-0.25, -0.2) is 0 Å². The second-order valence-corrected chi connectivity index (χ2v) is 6.29. The van der Waals surface area contributed by atoms with Crippen LogP contribution in [0.2, 0.25) is 0 Å². The molecule has 0 heterocycles. The lowest BCUT2D eigenvalue weighted by Crippen LogP contribution is -2.21. The fourth-order valence-electron chi connectivity index (χ4n) is 3.55. The number of hydrogen-bond donors (Lipinski definition) is 1. The lowest BCUT2D eigenvalue weighted by atomic mass is 9.86. The quantitative estimate of drug-likeness (QED) is 0.783. The van der Waals surface area contributed by atoms with E-state index in [0.717, 1.165) is 29.5 Å². The summed E-state index contributed by atoms with van der Waals surface area (Å²) in [6.45, 7) is 6.28. The Morgan fingerprint density at radius 3 is 2.08 bits per heavy atom. The van der Waals surface area contributed by atoms with Crippen molar-refractivity contribution in [2.75, 3.05) is 6.61 Å². The van der Waals surface area contributed by atoms with Gasteiger partial charge in [0.25, 0.3) is 0 Å². The number of hydrogen-bond acceptors (Lipinski definition) is 2. The van der Waals surface area contributed by atoms with Crippen LogP contribution in [0.5, 0.6) is 0 Å². The molecule has 1 aliphatic carbocycles. The van der Waals surface area contributed by atoms with Crippen molar-refractivity contribution in [2.24, 2.45) is 17.8 Å². The molecule has 2 heteroatoms. The smallest absolute Gasteiger partial charge is 0.166 e. The van der Waals surface area contributed by atoms with Gasteiger partial charge in [0.2, 0.25) is 0 Å². The van der Waals surface area contributed by atoms with Gasteiger partial charge in [-0.2, -0.15) is 0 Å². The summed E-state index contributed by atoms with van der Waals surface area (Å²) in [6.07, 6.45) is 1.85. The summed E-state index contributed by atoms with van der Waals surface area (Å²) < 4.78 is 0. The molecule has 0 aliphatic heterocycles. The maximum Gasteiger partial charge on any atom is 0.166 e. The molecule has 1 unspecified atom stereocenters. The molecule has 1 fully saturated rings. The Balaban J connectivity index is 0.00000100. The highest BCUT2D eigenvalue weighted by atomic mass is 16.3. The third-order valence-electron chi connectivity index (χ3n) is 5.07. The first-order valence-corrected chi connectivity index (χ1v) is 9.01. The first kappa shape index (κ1) is 18.4. The minimum absolute atomic E-state index is 0.0553. The molecule has 0 saturated heterocycles. The maximum atomic E-state index is 12.7. The van der Waals surface area contributed by atoms with Crippen molar-refractivity contribution < 1.29 is 9.90 Å². The van der Waals surface area contributed by atoms with Gasteiger partial charge in [0.15, 0.2) is 5.78 Å². The van der Waals surface area contributed by atoms with Crippen LogP contribution in [-0.4, -0.2) is 17.5 Å². The van der Waals surface area contributed by atoms with Gasteiger partial charge in [-0.1, -0.05) is 75.4 Å². The van der Waals surface area contributed by atoms with Crippen LogP contribution in [0.4, 0.5) is 0 Å². The summed E-state index contributed by atoms with van der Waals surface area (Å²) in [7, 11) is 0. The SMILES string of the molecule is CC.C[C@@H]1C(C(=O)c2ccc(-c3ccccc3)cc2)CC[C@H]1CO. The zero-order valence-electron chi connectivity index (χ0n) is 14.9. The van der Waals surface area contributed by atoms with E-state index in [1.54, 1.807) is 0 Å². The van der Waals surface area contributed by atoms with E-state index in [1.165, 1.54) is 0 Å². The highest BCUT2D eigenvalue weighted by Gasteiger charge is 2.36. The fourth-order valence-corrected chi connectivity index (χ4v) is 3.55. The van der Waals surface area contributed by atoms with Crippen molar-refractivity contribution in [2.45, 2.75) is 33.6 Å². The van der Waals surface area contributed by atoms with Crippen LogP contribution in [0.1, 0.15) is 44.0 Å². The van der Waals surface area contributed by atoms with Crippen molar-refractivity contribution in [3.8, 4) is 11.1 Å². The minimum Gasteiger partial charge on any atom is -0.396 e. The number of aliphatic hydroxyl groups excluding tert-OH is 1. The summed E-state index contributed by atoms with van der Waals surface area (Å²) in [5.74, 6) is 0.826. The largest absolute Gasteiger partial charge is 0.396 e. The number of Topliss-reactive ketones (excluding diaryl/α,β-unsaturated/α-hetero) is 1. The second kappa shape index (κ2) is 8.79. The van der Waals surface area contributed by atoms with Crippen LogP contribution < -0.4 is 0 Å². The van der Waals surface area contributed by atoms with Crippen molar-refractivity contribution in [1.29, 1.82) is 0 Å². The molecule has 3 atom stereocenters. The topological polar surface area (TPSA) is 37.3 Å². The van der Waals surface area contributed by atoms with E-state index in [-0.39, 0.29) is 30.1 Å². The summed E-state index contributed by atoms with van der Waals surface area (Å²) >= 11 is 0. The zero-order chi connectivity index (χ0) is 17.5. The van der Waals surface area contributed by atoms with Gasteiger partial charge in [-0.3, -0.25) is 4.79 Å². The lowest BCUT2D eigenvalue weighted by Gasteiger charge is -2.18. The Kier molecular flexibility index (Phi) is 6.74. The predicted molar refractivity (Wildman–Crippen MR) is 100 cm³/mol. The number of aliphatic hydroxyl groups is 1. The monoisotopic (exact) mass is 324 g/mol. The average Bonchev–Trinajstić information content (AvgIpc) is 3.04. The molecule has 128 valence electrons. The molecule has 0 spiro atoms. The normalized spacial score (nSPS) is 22.6. The Hall–Kier alpha value is -1.93. The minimum atomic E-state index is 0.0553. The number of carbonyl (C=O) groups excluding carboxylic acids is 1. The Bertz CT molecular complexity index is 631. The second-order valence-electron chi connectivity index (χ2n) is 6.29. The molecule has 1 aliphatic rings. The van der Waals surface area contributed by atoms with Crippen LogP contribution in [0.3, 0.4) is 0 Å². The van der Waals surface area contributed by atoms with Gasteiger partial charge in [0.05, 0.1) is 0 Å². The van der Waals surface area contributed by atoms with Gasteiger partial charge in [-0.15, -0.1) is 0 Å². The number of ketones is 1. The van der Waals surface area contributed by atoms with Crippen molar-refractivity contribution in [1.82, 2.24) is 0 Å². The third-order valence-corrected chi connectivity index (χ3v) is 5.07. The molecule has 0 aromatic heterocycles. The van der Waals surface area contributed by atoms with Crippen LogP contribution >= 0.6 is 0 Å². The molecule has 0 amide bonds. The Morgan fingerprint density at radius 1 is 0.958 bits per heavy atom. The summed E-state index contributed by atoms with van der Waals surface area (Å²) in [5.41, 5.74) is 3.08. The van der Waals surface area contributed by atoms with Crippen LogP contribution in [0.15, 0.2) is 54.6 Å². The molecule has 24 heavy (non-hydrogen) atoms. The number of carbonyl (C=O) groups is 1. The van der Waals surface area contributed by atoms with Gasteiger partial charge in [-0.05, 0) is 35.8 Å². The lowest BCUT2D eigenvalue weighted by molar-refractivity contribution is 0.0875. The van der Waals surface area contributed by atoms with E-state index < -0.39 is 0 Å². The molecule has 1 saturated carbocycles. The number of benzene rings is 2. The Morgan fingerprint density at radius 2 is 1.54 bits per heavy atom. The average molecular weight is 324 g/mol. The van der Waals surface area contributed by atoms with E-state index in [4.69, 9.17) is 0 Å². The van der Waals surface area contributed by atoms with Crippen molar-refractivity contribution in [3.05, 3.63) is 60.2 Å². The van der Waals surface area contributed by atoms with Crippen molar-refractivity contribution in [3.63, 3.8) is 0 Å². The summed E-state index contributed by atoms with van der Waals surface area (Å²) in [6, 6.07) is 18.1. The summed E-state index contributed by atoms with van der Waals surface area (Å²) in [4.78, 5) is 12.7. The first-order chi connectivity index (χ1) is 11.7. The molecule has 0 radical (unpaired) electrons. The van der Waals surface area contributed by atoms with Crippen molar-refractivity contribution >= 4 is 5.78 Å². The van der Waals surface area contributed by atoms with Crippen LogP contribution in [0, 0.1) is 17.8 Å². The third kappa shape index (κ3) is 3.93. The predicted octanol–water partition coefficient (Wildman–Crippen LogP) is 5.22. The van der Waals surface area contributed by atoms with E-state index >= 15 is 0 Å². The highest BCUT2D eigenvalue weighted by molar-refractivity contribution is 5.98. The van der Waals surface area contributed by atoms with Gasteiger partial charge in [0, 0.05) is 18.1 Å². The summed E-state index contributed by atoms with van der Waals surface area (Å²) in [5, 5.41) is 9.36. The Labute approximate surface area is 145 Å². The highest BCUT2D eigenvalue weighted by Crippen LogP contribution is 2.38. The molecule has 3 rings (SSSR count). The first-order valence-electron chi connectivity index (χ1n) is 9.01. The molecule has 2 aromatic carbocycles. The van der Waals surface area contributed by atoms with E-state index in [0.29, 0.717) is 0 Å². The van der Waals surface area contributed by atoms with E-state index in [9.17, 15) is 9.90 Å². The maximum absolute atomic E-state index is 12.7. The molecular formula is C22H28O2. The number of rotatable bonds is 4. The standard InChI is InChI=1S/C20H22O2.C2H6/c1-14-18(13-21)11-12-19(14)20(22)17-9-7-16(8-10-17)15-5-3-2-4-6-15;1-2/h2-10,14,18-19,21H,11-13H2,1H3;1-2H3/t14-,18-,19?;/m0./s1. The van der Waals surface area contributed by atoms with Gasteiger partial charge in [0.1, 0.15) is 0 Å². The molecule has 0 bridgehead atoms. The molecular weight excluding hydrogens is 296 g/mol. The van der Waals surface area contributed by atoms with E-state index in [2.05, 4.69) is 19.1 Å². The van der Waals surface area contributed by atoms with Crippen LogP contribution in [-0.2, 0) is 0 Å². The van der Waals surface area contributed by atoms with Gasteiger partial charge >= 0.3 is 0 Å². The van der Waals surface area contributed by atoms with Crippen LogP contribution in [0.25, 0.3) is 11.1 Å². The molecule has 1 N–H and O–H groups in total. The van der Waals surface area contributed by atoms with E-state index in [1.807, 2.05) is 56.3 Å².